The molecule has 4 heteroatoms. The van der Waals surface area contributed by atoms with Crippen molar-refractivity contribution in [3.05, 3.63) is 29.8 Å². The van der Waals surface area contributed by atoms with Gasteiger partial charge < -0.3 is 9.47 Å². The zero-order valence-corrected chi connectivity index (χ0v) is 13.5. The molecule has 1 aromatic rings. The first-order valence-corrected chi connectivity index (χ1v) is 10.5. The van der Waals surface area contributed by atoms with E-state index in [9.17, 15) is 0 Å². The molecule has 102 valence electrons. The van der Waals surface area contributed by atoms with Crippen molar-refractivity contribution in [3.63, 3.8) is 0 Å². The molecule has 0 N–H and O–H groups in total. The lowest BCUT2D eigenvalue weighted by atomic mass is 10.1. The number of hydrogen-bond donors (Lipinski definition) is 0. The van der Waals surface area contributed by atoms with E-state index >= 15 is 0 Å². The number of rotatable bonds is 7. The van der Waals surface area contributed by atoms with Crippen LogP contribution in [0.2, 0.25) is 25.7 Å². The van der Waals surface area contributed by atoms with Gasteiger partial charge in [-0.3, -0.25) is 0 Å². The van der Waals surface area contributed by atoms with Crippen LogP contribution in [-0.2, 0) is 4.74 Å². The molecule has 0 spiro atoms. The van der Waals surface area contributed by atoms with Gasteiger partial charge in [0.2, 0.25) is 0 Å². The quantitative estimate of drug-likeness (QED) is 0.314. The third-order valence-corrected chi connectivity index (χ3v) is 4.58. The fourth-order valence-corrected chi connectivity index (χ4v) is 2.29. The minimum atomic E-state index is -1.01. The van der Waals surface area contributed by atoms with Crippen LogP contribution in [0.5, 0.6) is 5.75 Å². The zero-order valence-electron chi connectivity index (χ0n) is 11.7. The molecule has 0 saturated carbocycles. The van der Waals surface area contributed by atoms with Gasteiger partial charge in [0.15, 0.2) is 6.79 Å². The van der Waals surface area contributed by atoms with Gasteiger partial charge in [0.05, 0.1) is 5.38 Å². The first kappa shape index (κ1) is 15.5. The van der Waals surface area contributed by atoms with E-state index in [-0.39, 0.29) is 5.38 Å². The molecule has 0 heterocycles. The van der Waals surface area contributed by atoms with Crippen LogP contribution in [0.3, 0.4) is 0 Å². The second-order valence-corrected chi connectivity index (χ2v) is 11.9. The van der Waals surface area contributed by atoms with Crippen molar-refractivity contribution in [2.45, 2.75) is 38.0 Å². The maximum atomic E-state index is 6.03. The average Bonchev–Trinajstić information content (AvgIpc) is 2.27. The molecule has 1 rings (SSSR count). The second-order valence-electron chi connectivity index (χ2n) is 5.67. The Balaban J connectivity index is 2.29. The van der Waals surface area contributed by atoms with Gasteiger partial charge in [0.25, 0.3) is 0 Å². The number of alkyl halides is 1. The second kappa shape index (κ2) is 7.17. The van der Waals surface area contributed by atoms with E-state index < -0.39 is 8.07 Å². The van der Waals surface area contributed by atoms with Gasteiger partial charge >= 0.3 is 0 Å². The summed E-state index contributed by atoms with van der Waals surface area (Å²) in [6.07, 6.45) is 0. The van der Waals surface area contributed by atoms with Crippen LogP contribution >= 0.6 is 11.6 Å². The molecular weight excluding hydrogens is 264 g/mol. The first-order chi connectivity index (χ1) is 8.38. The van der Waals surface area contributed by atoms with E-state index in [1.165, 1.54) is 0 Å². The fourth-order valence-electron chi connectivity index (χ4n) is 1.40. The van der Waals surface area contributed by atoms with Crippen molar-refractivity contribution >= 4 is 19.7 Å². The SMILES string of the molecule is CC(Cl)c1cccc(OCOCC[Si](C)(C)C)c1. The molecular formula is C14H23ClO2Si. The van der Waals surface area contributed by atoms with Crippen LogP contribution in [0.15, 0.2) is 24.3 Å². The van der Waals surface area contributed by atoms with Crippen LogP contribution in [0.25, 0.3) is 0 Å². The van der Waals surface area contributed by atoms with E-state index in [4.69, 9.17) is 21.1 Å². The highest BCUT2D eigenvalue weighted by atomic mass is 35.5. The minimum Gasteiger partial charge on any atom is -0.468 e. The van der Waals surface area contributed by atoms with Gasteiger partial charge in [-0.15, -0.1) is 11.6 Å². The first-order valence-electron chi connectivity index (χ1n) is 6.33. The van der Waals surface area contributed by atoms with Crippen molar-refractivity contribution < 1.29 is 9.47 Å². The third kappa shape index (κ3) is 6.43. The molecule has 0 aliphatic rings. The van der Waals surface area contributed by atoms with Gasteiger partial charge in [-0.05, 0) is 30.7 Å². The van der Waals surface area contributed by atoms with Crippen LogP contribution in [-0.4, -0.2) is 21.5 Å². The summed E-state index contributed by atoms with van der Waals surface area (Å²) in [5.74, 6) is 0.813. The average molecular weight is 287 g/mol. The third-order valence-electron chi connectivity index (χ3n) is 2.62. The monoisotopic (exact) mass is 286 g/mol. The summed E-state index contributed by atoms with van der Waals surface area (Å²) < 4.78 is 11.0. The number of halogens is 1. The smallest absolute Gasteiger partial charge is 0.189 e. The largest absolute Gasteiger partial charge is 0.468 e. The standard InChI is InChI=1S/C14H23ClO2Si/c1-12(15)13-6-5-7-14(10-13)17-11-16-8-9-18(2,3)4/h5-7,10,12H,8-9,11H2,1-4H3. The van der Waals surface area contributed by atoms with E-state index in [0.29, 0.717) is 6.79 Å². The Hall–Kier alpha value is -0.513. The number of ether oxygens (including phenoxy) is 2. The van der Waals surface area contributed by atoms with Crippen molar-refractivity contribution in [3.8, 4) is 5.75 Å². The molecule has 0 fully saturated rings. The lowest BCUT2D eigenvalue weighted by molar-refractivity contribution is 0.0220. The molecule has 0 bridgehead atoms. The highest BCUT2D eigenvalue weighted by Gasteiger charge is 2.11. The van der Waals surface area contributed by atoms with Crippen molar-refractivity contribution in [1.82, 2.24) is 0 Å². The zero-order chi connectivity index (χ0) is 13.6. The predicted octanol–water partition coefficient (Wildman–Crippen LogP) is 4.68. The van der Waals surface area contributed by atoms with Crippen molar-refractivity contribution in [1.29, 1.82) is 0 Å². The molecule has 0 radical (unpaired) electrons. The highest BCUT2D eigenvalue weighted by Crippen LogP contribution is 2.23. The molecule has 2 nitrogen and oxygen atoms in total. The molecule has 0 amide bonds. The Morgan fingerprint density at radius 1 is 1.28 bits per heavy atom. The van der Waals surface area contributed by atoms with Crippen LogP contribution < -0.4 is 4.74 Å². The minimum absolute atomic E-state index is 0.00126. The van der Waals surface area contributed by atoms with Gasteiger partial charge in [0.1, 0.15) is 5.75 Å². The maximum Gasteiger partial charge on any atom is 0.189 e. The topological polar surface area (TPSA) is 18.5 Å². The van der Waals surface area contributed by atoms with Crippen LogP contribution in [0, 0.1) is 0 Å². The fraction of sp³-hybridized carbons (Fsp3) is 0.571. The van der Waals surface area contributed by atoms with Gasteiger partial charge in [-0.2, -0.15) is 0 Å². The Kier molecular flexibility index (Phi) is 6.19. The van der Waals surface area contributed by atoms with Crippen LogP contribution in [0.4, 0.5) is 0 Å². The molecule has 0 aromatic heterocycles. The summed E-state index contributed by atoms with van der Waals surface area (Å²) in [7, 11) is -1.01. The normalized spacial score (nSPS) is 13.4. The Morgan fingerprint density at radius 2 is 2.00 bits per heavy atom. The molecule has 0 saturated heterocycles. The number of benzene rings is 1. The van der Waals surface area contributed by atoms with E-state index in [2.05, 4.69) is 19.6 Å². The van der Waals surface area contributed by atoms with Gasteiger partial charge in [-0.1, -0.05) is 31.8 Å². The summed E-state index contributed by atoms with van der Waals surface area (Å²) in [4.78, 5) is 0. The maximum absolute atomic E-state index is 6.03. The molecule has 0 aliphatic heterocycles. The molecule has 0 aliphatic carbocycles. The Labute approximate surface area is 116 Å². The van der Waals surface area contributed by atoms with Crippen LogP contribution in [0.1, 0.15) is 17.9 Å². The van der Waals surface area contributed by atoms with E-state index in [0.717, 1.165) is 24.0 Å². The van der Waals surface area contributed by atoms with Gasteiger partial charge in [-0.25, -0.2) is 0 Å². The lowest BCUT2D eigenvalue weighted by Gasteiger charge is -2.15. The number of hydrogen-bond acceptors (Lipinski definition) is 2. The Bertz CT molecular complexity index is 361. The molecule has 1 atom stereocenters. The van der Waals surface area contributed by atoms with Crippen molar-refractivity contribution in [2.24, 2.45) is 0 Å². The molecule has 1 unspecified atom stereocenters. The van der Waals surface area contributed by atoms with Gasteiger partial charge in [0, 0.05) is 14.7 Å². The lowest BCUT2D eigenvalue weighted by Crippen LogP contribution is -2.22. The molecule has 18 heavy (non-hydrogen) atoms. The molecule has 1 aromatic carbocycles. The summed E-state index contributed by atoms with van der Waals surface area (Å²) >= 11 is 6.03. The summed E-state index contributed by atoms with van der Waals surface area (Å²) in [5.41, 5.74) is 1.07. The van der Waals surface area contributed by atoms with E-state index in [1.807, 2.05) is 31.2 Å². The van der Waals surface area contributed by atoms with E-state index in [1.54, 1.807) is 0 Å². The summed E-state index contributed by atoms with van der Waals surface area (Å²) in [6.45, 7) is 10.0. The predicted molar refractivity (Wildman–Crippen MR) is 80.3 cm³/mol. The summed E-state index contributed by atoms with van der Waals surface area (Å²) in [6, 6.07) is 8.99. The summed E-state index contributed by atoms with van der Waals surface area (Å²) in [5, 5.41) is 0.00126. The highest BCUT2D eigenvalue weighted by molar-refractivity contribution is 6.76. The Morgan fingerprint density at radius 3 is 2.61 bits per heavy atom. The van der Waals surface area contributed by atoms with Crippen molar-refractivity contribution in [2.75, 3.05) is 13.4 Å².